The van der Waals surface area contributed by atoms with Gasteiger partial charge in [-0.3, -0.25) is 24.5 Å². The number of carbonyl (C=O) groups excluding carboxylic acids is 5. The number of amides is 6. The van der Waals surface area contributed by atoms with Gasteiger partial charge in [0.2, 0.25) is 5.91 Å². The first-order valence-electron chi connectivity index (χ1n) is 10.1. The van der Waals surface area contributed by atoms with Gasteiger partial charge in [-0.25, -0.2) is 15.1 Å². The zero-order chi connectivity index (χ0) is 24.9. The Morgan fingerprint density at radius 2 is 1.71 bits per heavy atom. The topological polar surface area (TPSA) is 150 Å². The SMILES string of the molecule is O=C(N/N=C\[C@H]1C(=O)NC(=O)N(c2ccc(Br)cc2)C1=O)c1ccc(NC(=O)c2ccco2)cc1. The van der Waals surface area contributed by atoms with Crippen molar-refractivity contribution in [2.24, 2.45) is 11.0 Å². The van der Waals surface area contributed by atoms with Crippen LogP contribution in [0.4, 0.5) is 16.2 Å². The number of rotatable bonds is 6. The smallest absolute Gasteiger partial charge is 0.335 e. The van der Waals surface area contributed by atoms with Crippen molar-refractivity contribution in [3.05, 3.63) is 82.7 Å². The lowest BCUT2D eigenvalue weighted by atomic mass is 10.1. The molecule has 0 saturated carbocycles. The number of nitrogens with zero attached hydrogens (tertiary/aromatic N) is 2. The molecule has 4 rings (SSSR count). The van der Waals surface area contributed by atoms with E-state index >= 15 is 0 Å². The van der Waals surface area contributed by atoms with Crippen LogP contribution in [0.2, 0.25) is 0 Å². The Hall–Kier alpha value is -4.58. The third-order valence-corrected chi connectivity index (χ3v) is 5.36. The summed E-state index contributed by atoms with van der Waals surface area (Å²) in [6, 6.07) is 14.5. The Bertz CT molecular complexity index is 1320. The van der Waals surface area contributed by atoms with Crippen molar-refractivity contribution < 1.29 is 28.4 Å². The summed E-state index contributed by atoms with van der Waals surface area (Å²) in [6.45, 7) is 0. The molecule has 176 valence electrons. The van der Waals surface area contributed by atoms with Crippen molar-refractivity contribution in [1.82, 2.24) is 10.7 Å². The molecule has 3 N–H and O–H groups in total. The van der Waals surface area contributed by atoms with Crippen molar-refractivity contribution in [3.63, 3.8) is 0 Å². The van der Waals surface area contributed by atoms with E-state index in [4.69, 9.17) is 4.42 Å². The molecular weight excluding hydrogens is 522 g/mol. The highest BCUT2D eigenvalue weighted by Crippen LogP contribution is 2.22. The molecule has 1 fully saturated rings. The molecule has 6 amide bonds. The fraction of sp³-hybridized carbons (Fsp3) is 0.0435. The van der Waals surface area contributed by atoms with E-state index in [0.29, 0.717) is 5.69 Å². The zero-order valence-corrected chi connectivity index (χ0v) is 19.3. The van der Waals surface area contributed by atoms with Crippen LogP contribution in [-0.2, 0) is 9.59 Å². The molecule has 0 bridgehead atoms. The Labute approximate surface area is 206 Å². The lowest BCUT2D eigenvalue weighted by Crippen LogP contribution is -2.58. The quantitative estimate of drug-likeness (QED) is 0.250. The second kappa shape index (κ2) is 10.1. The summed E-state index contributed by atoms with van der Waals surface area (Å²) < 4.78 is 5.76. The fourth-order valence-electron chi connectivity index (χ4n) is 3.10. The maximum absolute atomic E-state index is 12.8. The van der Waals surface area contributed by atoms with Crippen LogP contribution in [0.1, 0.15) is 20.9 Å². The van der Waals surface area contributed by atoms with Crippen molar-refractivity contribution in [1.29, 1.82) is 0 Å². The molecule has 0 aliphatic carbocycles. The van der Waals surface area contributed by atoms with Gasteiger partial charge in [0, 0.05) is 21.9 Å². The van der Waals surface area contributed by atoms with Gasteiger partial charge in [-0.15, -0.1) is 0 Å². The molecule has 2 heterocycles. The maximum atomic E-state index is 12.8. The van der Waals surface area contributed by atoms with Gasteiger partial charge >= 0.3 is 6.03 Å². The predicted octanol–water partition coefficient (Wildman–Crippen LogP) is 2.91. The highest BCUT2D eigenvalue weighted by Gasteiger charge is 2.40. The molecular formula is C23H16BrN5O6. The van der Waals surface area contributed by atoms with E-state index in [-0.39, 0.29) is 17.0 Å². The van der Waals surface area contributed by atoms with E-state index < -0.39 is 35.6 Å². The minimum atomic E-state index is -1.42. The molecule has 1 atom stereocenters. The molecule has 1 saturated heterocycles. The van der Waals surface area contributed by atoms with Gasteiger partial charge in [0.15, 0.2) is 11.7 Å². The zero-order valence-electron chi connectivity index (χ0n) is 17.7. The number of barbiturate groups is 1. The van der Waals surface area contributed by atoms with Gasteiger partial charge in [-0.05, 0) is 60.7 Å². The molecule has 0 radical (unpaired) electrons. The summed E-state index contributed by atoms with van der Waals surface area (Å²) in [4.78, 5) is 62.3. The van der Waals surface area contributed by atoms with Gasteiger partial charge in [0.1, 0.15) is 0 Å². The fourth-order valence-corrected chi connectivity index (χ4v) is 3.36. The molecule has 0 spiro atoms. The minimum absolute atomic E-state index is 0.142. The number of anilines is 2. The third-order valence-electron chi connectivity index (χ3n) is 4.83. The summed E-state index contributed by atoms with van der Waals surface area (Å²) in [5, 5.41) is 8.43. The Balaban J connectivity index is 1.38. The van der Waals surface area contributed by atoms with Gasteiger partial charge in [0.25, 0.3) is 17.7 Å². The van der Waals surface area contributed by atoms with E-state index in [1.54, 1.807) is 18.2 Å². The van der Waals surface area contributed by atoms with E-state index in [2.05, 4.69) is 37.1 Å². The van der Waals surface area contributed by atoms with E-state index in [1.807, 2.05) is 0 Å². The number of furan rings is 1. The largest absolute Gasteiger partial charge is 0.459 e. The molecule has 1 aliphatic heterocycles. The highest BCUT2D eigenvalue weighted by molar-refractivity contribution is 9.10. The molecule has 2 aromatic carbocycles. The average molecular weight is 538 g/mol. The number of imide groups is 2. The van der Waals surface area contributed by atoms with Crippen molar-refractivity contribution in [2.45, 2.75) is 0 Å². The molecule has 0 unspecified atom stereocenters. The first-order valence-corrected chi connectivity index (χ1v) is 10.9. The number of nitrogens with one attached hydrogen (secondary N) is 3. The lowest BCUT2D eigenvalue weighted by Gasteiger charge is -2.28. The number of benzene rings is 2. The Morgan fingerprint density at radius 3 is 2.37 bits per heavy atom. The maximum Gasteiger partial charge on any atom is 0.335 e. The second-order valence-corrected chi connectivity index (χ2v) is 8.07. The van der Waals surface area contributed by atoms with E-state index in [9.17, 15) is 24.0 Å². The lowest BCUT2D eigenvalue weighted by molar-refractivity contribution is -0.131. The first kappa shape index (κ1) is 23.6. The monoisotopic (exact) mass is 537 g/mol. The summed E-state index contributed by atoms with van der Waals surface area (Å²) in [6.07, 6.45) is 2.33. The van der Waals surface area contributed by atoms with Gasteiger partial charge in [-0.2, -0.15) is 5.10 Å². The Kier molecular flexibility index (Phi) is 6.83. The number of hydrogen-bond acceptors (Lipinski definition) is 7. The van der Waals surface area contributed by atoms with E-state index in [0.717, 1.165) is 15.6 Å². The van der Waals surface area contributed by atoms with Crippen molar-refractivity contribution in [3.8, 4) is 0 Å². The van der Waals surface area contributed by atoms with Crippen LogP contribution in [0.5, 0.6) is 0 Å². The molecule has 12 heteroatoms. The molecule has 1 aromatic heterocycles. The number of urea groups is 1. The number of halogens is 1. The number of hydrazone groups is 1. The summed E-state index contributed by atoms with van der Waals surface area (Å²) in [5.41, 5.74) is 3.15. The summed E-state index contributed by atoms with van der Waals surface area (Å²) >= 11 is 3.27. The molecule has 1 aliphatic rings. The van der Waals surface area contributed by atoms with Crippen LogP contribution in [0.25, 0.3) is 0 Å². The van der Waals surface area contributed by atoms with Gasteiger partial charge < -0.3 is 9.73 Å². The average Bonchev–Trinajstić information content (AvgIpc) is 3.38. The number of carbonyl (C=O) groups is 5. The Morgan fingerprint density at radius 1 is 1.00 bits per heavy atom. The molecule has 35 heavy (non-hydrogen) atoms. The van der Waals surface area contributed by atoms with Crippen LogP contribution in [-0.4, -0.2) is 35.9 Å². The van der Waals surface area contributed by atoms with Crippen LogP contribution < -0.4 is 21.0 Å². The van der Waals surface area contributed by atoms with Gasteiger partial charge in [-0.1, -0.05) is 15.9 Å². The van der Waals surface area contributed by atoms with Gasteiger partial charge in [0.05, 0.1) is 12.0 Å². The molecule has 11 nitrogen and oxygen atoms in total. The van der Waals surface area contributed by atoms with Crippen LogP contribution >= 0.6 is 15.9 Å². The van der Waals surface area contributed by atoms with Crippen molar-refractivity contribution >= 4 is 63.2 Å². The van der Waals surface area contributed by atoms with Crippen LogP contribution in [0, 0.1) is 5.92 Å². The summed E-state index contributed by atoms with van der Waals surface area (Å²) in [7, 11) is 0. The summed E-state index contributed by atoms with van der Waals surface area (Å²) in [5.74, 6) is -4.00. The standard InChI is InChI=1S/C23H16BrN5O6/c24-14-5-9-16(10-6-14)29-22(33)17(20(31)27-23(29)34)12-25-28-19(30)13-3-7-15(8-4-13)26-21(32)18-2-1-11-35-18/h1-12,17H,(H,26,32)(H,28,30)(H,27,31,34)/b25-12-/t17-/m0/s1. The van der Waals surface area contributed by atoms with Crippen LogP contribution in [0.3, 0.4) is 0 Å². The highest BCUT2D eigenvalue weighted by atomic mass is 79.9. The first-order chi connectivity index (χ1) is 16.8. The number of hydrogen-bond donors (Lipinski definition) is 3. The third kappa shape index (κ3) is 5.33. The second-order valence-electron chi connectivity index (χ2n) is 7.15. The van der Waals surface area contributed by atoms with Crippen LogP contribution in [0.15, 0.2) is 80.9 Å². The normalized spacial score (nSPS) is 15.7. The minimum Gasteiger partial charge on any atom is -0.459 e. The predicted molar refractivity (Wildman–Crippen MR) is 128 cm³/mol. The molecule has 3 aromatic rings. The van der Waals surface area contributed by atoms with Crippen molar-refractivity contribution in [2.75, 3.05) is 10.2 Å². The van der Waals surface area contributed by atoms with E-state index in [1.165, 1.54) is 48.7 Å².